The van der Waals surface area contributed by atoms with Gasteiger partial charge >= 0.3 is 0 Å². The molecule has 25 heavy (non-hydrogen) atoms. The minimum absolute atomic E-state index is 0.367. The van der Waals surface area contributed by atoms with Crippen molar-refractivity contribution in [2.24, 2.45) is 0 Å². The average Bonchev–Trinajstić information content (AvgIpc) is 2.66. The van der Waals surface area contributed by atoms with E-state index in [9.17, 15) is 0 Å². The maximum Gasteiger partial charge on any atom is 0.161 e. The fourth-order valence-corrected chi connectivity index (χ4v) is 4.03. The molecule has 140 valence electrons. The molecule has 0 aliphatic heterocycles. The van der Waals surface area contributed by atoms with Crippen LogP contribution in [-0.2, 0) is 6.42 Å². The summed E-state index contributed by atoms with van der Waals surface area (Å²) in [6.07, 6.45) is 14.4. The van der Waals surface area contributed by atoms with Crippen molar-refractivity contribution in [3.63, 3.8) is 0 Å². The lowest BCUT2D eigenvalue weighted by Crippen LogP contribution is -2.23. The summed E-state index contributed by atoms with van der Waals surface area (Å²) in [6.45, 7) is 4.19. The maximum atomic E-state index is 6.43. The predicted octanol–water partition coefficient (Wildman–Crippen LogP) is 5.26. The summed E-state index contributed by atoms with van der Waals surface area (Å²) in [5, 5.41) is 3.41. The largest absolute Gasteiger partial charge is 0.487 e. The third-order valence-electron chi connectivity index (χ3n) is 5.54. The van der Waals surface area contributed by atoms with Crippen molar-refractivity contribution < 1.29 is 9.47 Å². The van der Waals surface area contributed by atoms with Crippen LogP contribution < -0.4 is 14.8 Å². The number of nitrogens with one attached hydrogen (secondary N) is 1. The van der Waals surface area contributed by atoms with Gasteiger partial charge in [-0.15, -0.1) is 0 Å². The highest BCUT2D eigenvalue weighted by Gasteiger charge is 2.20. The van der Waals surface area contributed by atoms with Gasteiger partial charge in [0.05, 0.1) is 12.2 Å². The molecular weight excluding hydrogens is 310 g/mol. The van der Waals surface area contributed by atoms with E-state index in [1.54, 1.807) is 0 Å². The zero-order chi connectivity index (χ0) is 17.3. The van der Waals surface area contributed by atoms with Crippen LogP contribution in [-0.4, -0.2) is 25.3 Å². The van der Waals surface area contributed by atoms with Gasteiger partial charge in [-0.2, -0.15) is 0 Å². The molecule has 0 aromatic heterocycles. The van der Waals surface area contributed by atoms with Gasteiger partial charge in [-0.1, -0.05) is 25.8 Å². The number of benzene rings is 1. The van der Waals surface area contributed by atoms with E-state index in [0.29, 0.717) is 12.2 Å². The van der Waals surface area contributed by atoms with E-state index >= 15 is 0 Å². The first-order valence-corrected chi connectivity index (χ1v) is 10.5. The van der Waals surface area contributed by atoms with E-state index in [2.05, 4.69) is 30.4 Å². The van der Waals surface area contributed by atoms with Crippen LogP contribution in [0.25, 0.3) is 0 Å². The van der Waals surface area contributed by atoms with Gasteiger partial charge in [-0.25, -0.2) is 0 Å². The lowest BCUT2D eigenvalue weighted by atomic mass is 9.97. The van der Waals surface area contributed by atoms with Crippen molar-refractivity contribution in [2.45, 2.75) is 89.8 Å². The molecule has 2 saturated carbocycles. The van der Waals surface area contributed by atoms with Crippen molar-refractivity contribution in [3.05, 3.63) is 23.8 Å². The zero-order valence-corrected chi connectivity index (χ0v) is 15.9. The van der Waals surface area contributed by atoms with E-state index in [4.69, 9.17) is 9.47 Å². The second kappa shape index (κ2) is 10.1. The Bertz CT molecular complexity index is 505. The molecule has 0 radical (unpaired) electrons. The topological polar surface area (TPSA) is 30.5 Å². The van der Waals surface area contributed by atoms with E-state index in [-0.39, 0.29) is 0 Å². The first kappa shape index (κ1) is 18.6. The Hall–Kier alpha value is -1.22. The monoisotopic (exact) mass is 345 g/mol. The van der Waals surface area contributed by atoms with Crippen LogP contribution in [0.4, 0.5) is 0 Å². The van der Waals surface area contributed by atoms with Crippen LogP contribution in [0.2, 0.25) is 0 Å². The van der Waals surface area contributed by atoms with Crippen molar-refractivity contribution in [2.75, 3.05) is 13.1 Å². The van der Waals surface area contributed by atoms with Crippen LogP contribution >= 0.6 is 0 Å². The van der Waals surface area contributed by atoms with Gasteiger partial charge in [-0.05, 0) is 88.6 Å². The molecule has 3 heteroatoms. The van der Waals surface area contributed by atoms with Gasteiger partial charge in [0, 0.05) is 0 Å². The third-order valence-corrected chi connectivity index (χ3v) is 5.54. The minimum Gasteiger partial charge on any atom is -0.487 e. The number of likely N-dealkylation sites (N-methyl/N-ethyl adjacent to an activating group) is 1. The molecule has 1 aromatic rings. The standard InChI is InChI=1S/C22H35NO2/c1-2-23-16-15-18-13-14-21(24-19-9-5-3-6-10-19)22(17-18)25-20-11-7-4-8-12-20/h13-14,17,19-20,23H,2-12,15-16H2,1H3. The summed E-state index contributed by atoms with van der Waals surface area (Å²) in [5.74, 6) is 1.94. The first-order chi connectivity index (χ1) is 12.3. The molecule has 3 nitrogen and oxygen atoms in total. The Morgan fingerprint density at radius 1 is 0.840 bits per heavy atom. The fraction of sp³-hybridized carbons (Fsp3) is 0.727. The molecule has 1 N–H and O–H groups in total. The quantitative estimate of drug-likeness (QED) is 0.652. The van der Waals surface area contributed by atoms with Gasteiger partial charge in [0.25, 0.3) is 0 Å². The minimum atomic E-state index is 0.367. The third kappa shape index (κ3) is 5.91. The first-order valence-electron chi connectivity index (χ1n) is 10.5. The Morgan fingerprint density at radius 3 is 2.04 bits per heavy atom. The molecule has 0 unspecified atom stereocenters. The summed E-state index contributed by atoms with van der Waals surface area (Å²) in [5.41, 5.74) is 1.34. The Labute approximate surface area is 153 Å². The van der Waals surface area contributed by atoms with Gasteiger partial charge < -0.3 is 14.8 Å². The van der Waals surface area contributed by atoms with Crippen LogP contribution in [0, 0.1) is 0 Å². The van der Waals surface area contributed by atoms with Crippen molar-refractivity contribution in [1.29, 1.82) is 0 Å². The van der Waals surface area contributed by atoms with Gasteiger partial charge in [0.15, 0.2) is 11.5 Å². The summed E-state index contributed by atoms with van der Waals surface area (Å²) >= 11 is 0. The Kier molecular flexibility index (Phi) is 7.47. The molecule has 0 bridgehead atoms. The number of hydrogen-bond acceptors (Lipinski definition) is 3. The molecule has 0 spiro atoms. The second-order valence-electron chi connectivity index (χ2n) is 7.64. The van der Waals surface area contributed by atoms with Crippen LogP contribution in [0.15, 0.2) is 18.2 Å². The van der Waals surface area contributed by atoms with Crippen LogP contribution in [0.5, 0.6) is 11.5 Å². The summed E-state index contributed by atoms with van der Waals surface area (Å²) in [7, 11) is 0. The maximum absolute atomic E-state index is 6.43. The van der Waals surface area contributed by atoms with Crippen LogP contribution in [0.3, 0.4) is 0 Å². The summed E-state index contributed by atoms with van der Waals surface area (Å²) < 4.78 is 12.8. The number of rotatable bonds is 8. The molecule has 0 atom stereocenters. The van der Waals surface area contributed by atoms with Crippen molar-refractivity contribution >= 4 is 0 Å². The van der Waals surface area contributed by atoms with E-state index in [1.165, 1.54) is 69.8 Å². The number of hydrogen-bond donors (Lipinski definition) is 1. The van der Waals surface area contributed by atoms with Crippen molar-refractivity contribution in [3.8, 4) is 11.5 Å². The molecular formula is C22H35NO2. The SMILES string of the molecule is CCNCCc1ccc(OC2CCCCC2)c(OC2CCCCC2)c1. The van der Waals surface area contributed by atoms with Gasteiger partial charge in [0.2, 0.25) is 0 Å². The van der Waals surface area contributed by atoms with Crippen LogP contribution in [0.1, 0.15) is 76.7 Å². The summed E-state index contributed by atoms with van der Waals surface area (Å²) in [6, 6.07) is 6.58. The van der Waals surface area contributed by atoms with Gasteiger partial charge in [-0.3, -0.25) is 0 Å². The zero-order valence-electron chi connectivity index (χ0n) is 15.9. The Morgan fingerprint density at radius 2 is 1.44 bits per heavy atom. The molecule has 3 rings (SSSR count). The van der Waals surface area contributed by atoms with E-state index in [1.807, 2.05) is 0 Å². The molecule has 0 saturated heterocycles. The molecule has 0 amide bonds. The summed E-state index contributed by atoms with van der Waals surface area (Å²) in [4.78, 5) is 0. The van der Waals surface area contributed by atoms with E-state index in [0.717, 1.165) is 31.0 Å². The van der Waals surface area contributed by atoms with Gasteiger partial charge in [0.1, 0.15) is 0 Å². The lowest BCUT2D eigenvalue weighted by Gasteiger charge is -2.27. The normalized spacial score (nSPS) is 19.7. The smallest absolute Gasteiger partial charge is 0.161 e. The number of ether oxygens (including phenoxy) is 2. The molecule has 0 heterocycles. The Balaban J connectivity index is 1.69. The van der Waals surface area contributed by atoms with E-state index < -0.39 is 0 Å². The highest BCUT2D eigenvalue weighted by Crippen LogP contribution is 2.35. The molecule has 2 aliphatic rings. The highest BCUT2D eigenvalue weighted by molar-refractivity contribution is 5.43. The second-order valence-corrected chi connectivity index (χ2v) is 7.64. The van der Waals surface area contributed by atoms with Crippen molar-refractivity contribution in [1.82, 2.24) is 5.32 Å². The molecule has 1 aromatic carbocycles. The predicted molar refractivity (Wildman–Crippen MR) is 104 cm³/mol. The molecule has 2 fully saturated rings. The lowest BCUT2D eigenvalue weighted by molar-refractivity contribution is 0.123. The molecule has 2 aliphatic carbocycles. The average molecular weight is 346 g/mol. The highest BCUT2D eigenvalue weighted by atomic mass is 16.5. The fourth-order valence-electron chi connectivity index (χ4n) is 4.03.